The van der Waals surface area contributed by atoms with Gasteiger partial charge in [-0.2, -0.15) is 10.2 Å². The highest BCUT2D eigenvalue weighted by atomic mass is 19.1. The van der Waals surface area contributed by atoms with E-state index in [4.69, 9.17) is 0 Å². The van der Waals surface area contributed by atoms with E-state index in [9.17, 15) is 8.78 Å². The molecule has 0 amide bonds. The lowest BCUT2D eigenvalue weighted by atomic mass is 10.0. The monoisotopic (exact) mass is 1060 g/mol. The number of likely N-dealkylation sites (tertiary alicyclic amines) is 1. The zero-order valence-electron chi connectivity index (χ0n) is 44.5. The number of nitrogens with zero attached hydrogens (tertiary/aromatic N) is 8. The summed E-state index contributed by atoms with van der Waals surface area (Å²) in [6.45, 7) is 17.4. The van der Waals surface area contributed by atoms with Gasteiger partial charge in [0.2, 0.25) is 0 Å². The van der Waals surface area contributed by atoms with Crippen molar-refractivity contribution in [2.24, 2.45) is 0 Å². The summed E-state index contributed by atoms with van der Waals surface area (Å²) in [6.07, 6.45) is 19.4. The molecule has 0 spiro atoms. The van der Waals surface area contributed by atoms with Crippen LogP contribution in [0.4, 0.5) is 8.78 Å². The number of benzene rings is 3. The molecule has 1 aliphatic rings. The van der Waals surface area contributed by atoms with Crippen molar-refractivity contribution in [2.45, 2.75) is 40.2 Å². The van der Waals surface area contributed by atoms with E-state index in [-0.39, 0.29) is 11.6 Å². The first-order chi connectivity index (χ1) is 39.2. The van der Waals surface area contributed by atoms with Gasteiger partial charge in [0.15, 0.2) is 11.3 Å². The highest BCUT2D eigenvalue weighted by Gasteiger charge is 2.19. The summed E-state index contributed by atoms with van der Waals surface area (Å²) in [5, 5.41) is 22.3. The first-order valence-corrected chi connectivity index (χ1v) is 26.6. The smallest absolute Gasteiger partial charge is 0.181 e. The molecule has 0 atom stereocenters. The number of pyridine rings is 5. The molecule has 15 heteroatoms. The summed E-state index contributed by atoms with van der Waals surface area (Å²) >= 11 is 0. The maximum atomic E-state index is 13.5. The number of hydrogen-bond donors (Lipinski definition) is 5. The molecule has 1 saturated heterocycles. The van der Waals surface area contributed by atoms with E-state index in [1.54, 1.807) is 42.7 Å². The van der Waals surface area contributed by atoms with E-state index >= 15 is 0 Å². The zero-order valence-corrected chi connectivity index (χ0v) is 44.5. The molecule has 9 aromatic heterocycles. The van der Waals surface area contributed by atoms with Crippen LogP contribution in [0.25, 0.3) is 112 Å². The number of rotatable bonds is 13. The fourth-order valence-corrected chi connectivity index (χ4v) is 10.0. The fourth-order valence-electron chi connectivity index (χ4n) is 10.0. The van der Waals surface area contributed by atoms with Crippen molar-refractivity contribution < 1.29 is 8.78 Å². The topological polar surface area (TPSA) is 169 Å². The highest BCUT2D eigenvalue weighted by molar-refractivity contribution is 6.01. The Morgan fingerprint density at radius 2 is 1.27 bits per heavy atom. The maximum Gasteiger partial charge on any atom is 0.181 e. The number of aromatic amines is 4. The van der Waals surface area contributed by atoms with Gasteiger partial charge in [0.25, 0.3) is 0 Å². The van der Waals surface area contributed by atoms with Gasteiger partial charge in [-0.05, 0) is 153 Å². The highest BCUT2D eigenvalue weighted by Crippen LogP contribution is 2.36. The van der Waals surface area contributed by atoms with Crippen LogP contribution in [0, 0.1) is 11.6 Å². The second-order valence-corrected chi connectivity index (χ2v) is 19.1. The second kappa shape index (κ2) is 23.3. The van der Waals surface area contributed by atoms with Crippen LogP contribution >= 0.6 is 0 Å². The zero-order chi connectivity index (χ0) is 55.1. The van der Waals surface area contributed by atoms with Crippen molar-refractivity contribution in [1.29, 1.82) is 0 Å². The molecule has 396 valence electrons. The van der Waals surface area contributed by atoms with Gasteiger partial charge >= 0.3 is 0 Å². The van der Waals surface area contributed by atoms with E-state index in [0.29, 0.717) is 11.3 Å². The standard InChI is InChI=1S/C34H27FN6.C29H24FN7.C2H6/c1-4-22(17-27(5-2)38-21(3)23-9-7-6-8-10-23)25-18-29-33(40-41-34(29)37-20-25)31-19-28-30(39-31)15-16-36-32(28)24-11-13-26(35)14-12-24;30-22-5-3-19(4-6-22)27-23-13-26(34-25(23)7-8-32-27)28-24-12-21(16-33-29(24)36-35-28)20-11-18(14-31-15-20)17-37-9-1-2-10-37;1-2/h4-20,38-39H,2-3H2,1H3,(H,37,40,41);3-8,11-16,34H,1-2,9-10,17H2,(H,33,35,36);1-2H3/b22-4+,27-17+;;. The van der Waals surface area contributed by atoms with Crippen molar-refractivity contribution in [2.75, 3.05) is 13.1 Å². The minimum absolute atomic E-state index is 0.269. The molecule has 0 unspecified atom stereocenters. The van der Waals surface area contributed by atoms with Gasteiger partial charge in [-0.15, -0.1) is 0 Å². The van der Waals surface area contributed by atoms with Crippen LogP contribution in [0.15, 0.2) is 196 Å². The fraction of sp³-hybridized carbons (Fsp3) is 0.123. The van der Waals surface area contributed by atoms with Gasteiger partial charge in [-0.1, -0.05) is 63.4 Å². The molecule has 0 radical (unpaired) electrons. The summed E-state index contributed by atoms with van der Waals surface area (Å²) in [5.74, 6) is -0.552. The Bertz CT molecular complexity index is 4240. The van der Waals surface area contributed by atoms with Crippen LogP contribution in [0.3, 0.4) is 0 Å². The van der Waals surface area contributed by atoms with Gasteiger partial charge < -0.3 is 15.3 Å². The molecule has 80 heavy (non-hydrogen) atoms. The maximum absolute atomic E-state index is 13.5. The third kappa shape index (κ3) is 10.9. The number of hydrogen-bond acceptors (Lipinski definition) is 9. The van der Waals surface area contributed by atoms with E-state index < -0.39 is 0 Å². The van der Waals surface area contributed by atoms with Crippen LogP contribution in [-0.4, -0.2) is 73.3 Å². The number of H-pyrrole nitrogens is 4. The number of allylic oxidation sites excluding steroid dienone is 4. The molecule has 1 aliphatic heterocycles. The third-order valence-electron chi connectivity index (χ3n) is 14.0. The normalized spacial score (nSPS) is 12.9. The molecule has 0 aliphatic carbocycles. The van der Waals surface area contributed by atoms with Gasteiger partial charge in [-0.3, -0.25) is 30.0 Å². The Balaban J connectivity index is 0.000000164. The summed E-state index contributed by atoms with van der Waals surface area (Å²) in [4.78, 5) is 32.4. The van der Waals surface area contributed by atoms with E-state index in [0.717, 1.165) is 137 Å². The van der Waals surface area contributed by atoms with Crippen LogP contribution < -0.4 is 5.32 Å². The van der Waals surface area contributed by atoms with Crippen molar-refractivity contribution in [3.63, 3.8) is 0 Å². The summed E-state index contributed by atoms with van der Waals surface area (Å²) in [5.41, 5.74) is 17.5. The minimum atomic E-state index is -0.283. The molecular formula is C65H57F2N13. The third-order valence-corrected chi connectivity index (χ3v) is 14.0. The predicted molar refractivity (Wildman–Crippen MR) is 318 cm³/mol. The Morgan fingerprint density at radius 3 is 1.94 bits per heavy atom. The van der Waals surface area contributed by atoms with Gasteiger partial charge in [0.1, 0.15) is 17.3 Å². The van der Waals surface area contributed by atoms with Crippen molar-refractivity contribution in [1.82, 2.24) is 65.5 Å². The van der Waals surface area contributed by atoms with Crippen molar-refractivity contribution in [3.05, 3.63) is 224 Å². The van der Waals surface area contributed by atoms with Gasteiger partial charge in [0, 0.05) is 116 Å². The number of nitrogens with one attached hydrogen (secondary N) is 5. The average molecular weight is 1060 g/mol. The quantitative estimate of drug-likeness (QED) is 0.0706. The molecule has 1 fully saturated rings. The van der Waals surface area contributed by atoms with Crippen molar-refractivity contribution >= 4 is 55.1 Å². The van der Waals surface area contributed by atoms with E-state index in [1.165, 1.54) is 42.7 Å². The molecule has 5 N–H and O–H groups in total. The Kier molecular flexibility index (Phi) is 15.2. The molecule has 13 rings (SSSR count). The number of aromatic nitrogens is 11. The lowest BCUT2D eigenvalue weighted by Gasteiger charge is -2.14. The summed E-state index contributed by atoms with van der Waals surface area (Å²) in [6, 6.07) is 37.0. The molecule has 13 nitrogen and oxygen atoms in total. The molecule has 0 saturated carbocycles. The van der Waals surface area contributed by atoms with Crippen LogP contribution in [0.2, 0.25) is 0 Å². The molecule has 0 bridgehead atoms. The van der Waals surface area contributed by atoms with E-state index in [1.807, 2.05) is 106 Å². The number of halogens is 2. The first kappa shape index (κ1) is 52.1. The molecule has 10 heterocycles. The molecular weight excluding hydrogens is 1000 g/mol. The average Bonchev–Trinajstić information content (AvgIpc) is 4.41. The van der Waals surface area contributed by atoms with E-state index in [2.05, 4.69) is 103 Å². The number of fused-ring (bicyclic) bond motifs is 4. The SMILES string of the molecule is C=C/C(=C\C(=C/C)c1cnc2[nH]nc(-c3cc4c(-c5ccc(F)cc5)nccc4[nH]3)c2c1)NC(=C)c1ccccc1.CC.Fc1ccc(-c2nccc3[nH]c(-c4[nH]nc5ncc(-c6cncc(CN7CCCC7)c6)cc45)cc23)cc1. The Labute approximate surface area is 461 Å². The summed E-state index contributed by atoms with van der Waals surface area (Å²) < 4.78 is 27.0. The lowest BCUT2D eigenvalue weighted by molar-refractivity contribution is 0.331. The minimum Gasteiger partial charge on any atom is -0.356 e. The van der Waals surface area contributed by atoms with Crippen molar-refractivity contribution in [3.8, 4) is 56.4 Å². The van der Waals surface area contributed by atoms with Crippen LogP contribution in [0.5, 0.6) is 0 Å². The largest absolute Gasteiger partial charge is 0.356 e. The Hall–Kier alpha value is -9.99. The van der Waals surface area contributed by atoms with Gasteiger partial charge in [-0.25, -0.2) is 18.7 Å². The predicted octanol–water partition coefficient (Wildman–Crippen LogP) is 15.0. The van der Waals surface area contributed by atoms with Crippen LogP contribution in [-0.2, 0) is 6.54 Å². The first-order valence-electron chi connectivity index (χ1n) is 26.6. The Morgan fingerprint density at radius 1 is 0.625 bits per heavy atom. The second-order valence-electron chi connectivity index (χ2n) is 19.1. The molecule has 3 aromatic carbocycles. The lowest BCUT2D eigenvalue weighted by Crippen LogP contribution is -2.18. The van der Waals surface area contributed by atoms with Crippen LogP contribution in [0.1, 0.15) is 50.3 Å². The summed E-state index contributed by atoms with van der Waals surface area (Å²) in [7, 11) is 0. The molecule has 12 aromatic rings. The van der Waals surface area contributed by atoms with Gasteiger partial charge in [0.05, 0.1) is 28.5 Å².